The minimum Gasteiger partial charge on any atom is -0.376 e. The van der Waals surface area contributed by atoms with Gasteiger partial charge in [-0.3, -0.25) is 4.99 Å². The van der Waals surface area contributed by atoms with Gasteiger partial charge in [0.15, 0.2) is 5.96 Å². The van der Waals surface area contributed by atoms with Crippen LogP contribution in [0.2, 0.25) is 0 Å². The average molecular weight is 395 g/mol. The fraction of sp³-hybridized carbons (Fsp3) is 0.933. The van der Waals surface area contributed by atoms with Gasteiger partial charge in [-0.1, -0.05) is 38.5 Å². The second-order valence-electron chi connectivity index (χ2n) is 6.13. The van der Waals surface area contributed by atoms with Crippen molar-refractivity contribution in [1.29, 1.82) is 0 Å². The summed E-state index contributed by atoms with van der Waals surface area (Å²) in [6.07, 6.45) is 12.5. The van der Waals surface area contributed by atoms with Crippen molar-refractivity contribution in [2.45, 2.75) is 75.9 Å². The molecule has 20 heavy (non-hydrogen) atoms. The molecule has 0 aromatic carbocycles. The Bertz CT molecular complexity index is 297. The molecular weight excluding hydrogens is 365 g/mol. The number of nitrogens with zero attached hydrogens (tertiary/aromatic N) is 1. The molecule has 0 amide bonds. The van der Waals surface area contributed by atoms with Gasteiger partial charge in [0.05, 0.1) is 12.1 Å². The van der Waals surface area contributed by atoms with E-state index in [-0.39, 0.29) is 29.6 Å². The molecule has 118 valence electrons. The molecular formula is C15H30IN3O. The van der Waals surface area contributed by atoms with Gasteiger partial charge in [0, 0.05) is 13.2 Å². The van der Waals surface area contributed by atoms with Crippen molar-refractivity contribution in [3.8, 4) is 0 Å². The van der Waals surface area contributed by atoms with Crippen LogP contribution in [0.5, 0.6) is 0 Å². The van der Waals surface area contributed by atoms with Crippen molar-refractivity contribution in [2.24, 2.45) is 10.7 Å². The van der Waals surface area contributed by atoms with Crippen molar-refractivity contribution in [2.75, 3.05) is 13.7 Å². The third-order valence-electron chi connectivity index (χ3n) is 4.69. The normalized spacial score (nSPS) is 23.9. The predicted molar refractivity (Wildman–Crippen MR) is 94.7 cm³/mol. The summed E-state index contributed by atoms with van der Waals surface area (Å²) in [7, 11) is 1.81. The van der Waals surface area contributed by atoms with E-state index in [2.05, 4.69) is 10.3 Å². The number of nitrogens with two attached hydrogens (primary N) is 1. The maximum absolute atomic E-state index is 6.02. The SMILES string of the molecule is COC1(CN=C(N)NC2CCCCC2)CCCCC1.I. The van der Waals surface area contributed by atoms with Gasteiger partial charge in [-0.05, 0) is 25.7 Å². The van der Waals surface area contributed by atoms with Crippen LogP contribution in [-0.4, -0.2) is 31.3 Å². The van der Waals surface area contributed by atoms with E-state index in [0.29, 0.717) is 18.5 Å². The second kappa shape index (κ2) is 9.07. The molecule has 0 aromatic heterocycles. The summed E-state index contributed by atoms with van der Waals surface area (Å²) >= 11 is 0. The Hall–Kier alpha value is -0.0400. The highest BCUT2D eigenvalue weighted by atomic mass is 127. The van der Waals surface area contributed by atoms with Gasteiger partial charge in [0.1, 0.15) is 0 Å². The monoisotopic (exact) mass is 395 g/mol. The van der Waals surface area contributed by atoms with E-state index in [1.165, 1.54) is 51.4 Å². The zero-order chi connectivity index (χ0) is 13.6. The molecule has 2 aliphatic carbocycles. The number of nitrogens with one attached hydrogen (secondary N) is 1. The van der Waals surface area contributed by atoms with Crippen LogP contribution in [0.15, 0.2) is 4.99 Å². The molecule has 0 unspecified atom stereocenters. The lowest BCUT2D eigenvalue weighted by Crippen LogP contribution is -2.43. The number of hydrogen-bond donors (Lipinski definition) is 2. The summed E-state index contributed by atoms with van der Waals surface area (Å²) in [6.45, 7) is 0.703. The third kappa shape index (κ3) is 5.39. The third-order valence-corrected chi connectivity index (χ3v) is 4.69. The van der Waals surface area contributed by atoms with Crippen molar-refractivity contribution >= 4 is 29.9 Å². The summed E-state index contributed by atoms with van der Waals surface area (Å²) in [5, 5.41) is 3.37. The molecule has 2 fully saturated rings. The molecule has 3 N–H and O–H groups in total. The Morgan fingerprint density at radius 2 is 1.75 bits per heavy atom. The minimum atomic E-state index is -0.0584. The lowest BCUT2D eigenvalue weighted by Gasteiger charge is -2.34. The van der Waals surface area contributed by atoms with Crippen LogP contribution in [0.25, 0.3) is 0 Å². The Balaban J connectivity index is 0.00000200. The molecule has 0 bridgehead atoms. The van der Waals surface area contributed by atoms with Crippen LogP contribution < -0.4 is 11.1 Å². The van der Waals surface area contributed by atoms with E-state index in [0.717, 1.165) is 12.8 Å². The van der Waals surface area contributed by atoms with Crippen LogP contribution in [0.4, 0.5) is 0 Å². The molecule has 2 aliphatic rings. The first-order valence-corrected chi connectivity index (χ1v) is 7.86. The smallest absolute Gasteiger partial charge is 0.188 e. The quantitative estimate of drug-likeness (QED) is 0.437. The molecule has 0 aliphatic heterocycles. The summed E-state index contributed by atoms with van der Waals surface area (Å²) < 4.78 is 5.73. The van der Waals surface area contributed by atoms with Gasteiger partial charge in [-0.25, -0.2) is 0 Å². The van der Waals surface area contributed by atoms with Crippen LogP contribution in [0.3, 0.4) is 0 Å². The first kappa shape index (κ1) is 18.0. The number of ether oxygens (including phenoxy) is 1. The van der Waals surface area contributed by atoms with Crippen LogP contribution in [-0.2, 0) is 4.74 Å². The molecule has 0 atom stereocenters. The minimum absolute atomic E-state index is 0. The number of hydrogen-bond acceptors (Lipinski definition) is 2. The number of aliphatic imine (C=N–C) groups is 1. The van der Waals surface area contributed by atoms with Gasteiger partial charge in [0.25, 0.3) is 0 Å². The van der Waals surface area contributed by atoms with Gasteiger partial charge in [-0.2, -0.15) is 0 Å². The molecule has 4 nitrogen and oxygen atoms in total. The lowest BCUT2D eigenvalue weighted by atomic mass is 9.85. The Labute approximate surface area is 140 Å². The van der Waals surface area contributed by atoms with E-state index in [9.17, 15) is 0 Å². The predicted octanol–water partition coefficient (Wildman–Crippen LogP) is 3.19. The fourth-order valence-electron chi connectivity index (χ4n) is 3.35. The maximum atomic E-state index is 6.02. The topological polar surface area (TPSA) is 59.6 Å². The number of halogens is 1. The summed E-state index contributed by atoms with van der Waals surface area (Å²) in [6, 6.07) is 0.530. The molecule has 0 spiro atoms. The van der Waals surface area contributed by atoms with Crippen molar-refractivity contribution in [3.05, 3.63) is 0 Å². The highest BCUT2D eigenvalue weighted by Crippen LogP contribution is 2.31. The molecule has 0 saturated heterocycles. The van der Waals surface area contributed by atoms with E-state index in [1.54, 1.807) is 0 Å². The van der Waals surface area contributed by atoms with E-state index in [4.69, 9.17) is 10.5 Å². The summed E-state index contributed by atoms with van der Waals surface area (Å²) in [5.74, 6) is 0.605. The molecule has 0 radical (unpaired) electrons. The molecule has 0 heterocycles. The first-order valence-electron chi connectivity index (χ1n) is 7.86. The second-order valence-corrected chi connectivity index (χ2v) is 6.13. The molecule has 2 rings (SSSR count). The zero-order valence-corrected chi connectivity index (χ0v) is 15.0. The van der Waals surface area contributed by atoms with Crippen molar-refractivity contribution in [3.63, 3.8) is 0 Å². The number of methoxy groups -OCH3 is 1. The molecule has 0 aromatic rings. The standard InChI is InChI=1S/C15H29N3O.HI/c1-19-15(10-6-3-7-11-15)12-17-14(16)18-13-8-4-2-5-9-13;/h13H,2-12H2,1H3,(H3,16,17,18);1H. The average Bonchev–Trinajstić information content (AvgIpc) is 2.47. The Morgan fingerprint density at radius 3 is 2.35 bits per heavy atom. The highest BCUT2D eigenvalue weighted by molar-refractivity contribution is 14.0. The zero-order valence-electron chi connectivity index (χ0n) is 12.7. The Kier molecular flexibility index (Phi) is 8.17. The first-order chi connectivity index (χ1) is 9.24. The van der Waals surface area contributed by atoms with Crippen LogP contribution in [0, 0.1) is 0 Å². The highest BCUT2D eigenvalue weighted by Gasteiger charge is 2.31. The Morgan fingerprint density at radius 1 is 1.15 bits per heavy atom. The molecule has 2 saturated carbocycles. The summed E-state index contributed by atoms with van der Waals surface area (Å²) in [4.78, 5) is 4.54. The summed E-state index contributed by atoms with van der Waals surface area (Å²) in [5.41, 5.74) is 5.96. The number of rotatable bonds is 4. The van der Waals surface area contributed by atoms with Gasteiger partial charge < -0.3 is 15.8 Å². The van der Waals surface area contributed by atoms with Crippen molar-refractivity contribution < 1.29 is 4.74 Å². The fourth-order valence-corrected chi connectivity index (χ4v) is 3.35. The van der Waals surface area contributed by atoms with Gasteiger partial charge in [0.2, 0.25) is 0 Å². The molecule has 5 heteroatoms. The van der Waals surface area contributed by atoms with E-state index in [1.807, 2.05) is 7.11 Å². The van der Waals surface area contributed by atoms with Crippen LogP contribution in [0.1, 0.15) is 64.2 Å². The lowest BCUT2D eigenvalue weighted by molar-refractivity contribution is -0.0308. The van der Waals surface area contributed by atoms with E-state index >= 15 is 0 Å². The number of guanidine groups is 1. The maximum Gasteiger partial charge on any atom is 0.188 e. The largest absolute Gasteiger partial charge is 0.376 e. The van der Waals surface area contributed by atoms with Gasteiger partial charge in [-0.15, -0.1) is 24.0 Å². The van der Waals surface area contributed by atoms with Gasteiger partial charge >= 0.3 is 0 Å². The van der Waals surface area contributed by atoms with E-state index < -0.39 is 0 Å². The van der Waals surface area contributed by atoms with Crippen molar-refractivity contribution in [1.82, 2.24) is 5.32 Å². The van der Waals surface area contributed by atoms with Crippen LogP contribution >= 0.6 is 24.0 Å².